The van der Waals surface area contributed by atoms with Crippen molar-refractivity contribution in [3.05, 3.63) is 22.3 Å². The molecule has 1 aromatic carbocycles. The van der Waals surface area contributed by atoms with E-state index in [0.29, 0.717) is 18.2 Å². The maximum absolute atomic E-state index is 12.5. The van der Waals surface area contributed by atoms with Crippen LogP contribution in [0.15, 0.2) is 0 Å². The number of esters is 1. The zero-order valence-corrected chi connectivity index (χ0v) is 15.3. The highest BCUT2D eigenvalue weighted by Crippen LogP contribution is 2.16. The molecule has 23 heavy (non-hydrogen) atoms. The van der Waals surface area contributed by atoms with E-state index >= 15 is 0 Å². The highest BCUT2D eigenvalue weighted by Gasteiger charge is 2.22. The minimum Gasteiger partial charge on any atom is -0.461 e. The summed E-state index contributed by atoms with van der Waals surface area (Å²) in [5.74, 6) is -1.11. The van der Waals surface area contributed by atoms with Gasteiger partial charge in [-0.05, 0) is 11.1 Å². The normalized spacial score (nSPS) is 11.3. The molecule has 0 heterocycles. The third-order valence-electron chi connectivity index (χ3n) is 4.25. The molecule has 1 N–H and O–H groups in total. The van der Waals surface area contributed by atoms with Gasteiger partial charge in [0.1, 0.15) is 51.6 Å². The zero-order chi connectivity index (χ0) is 17.8. The van der Waals surface area contributed by atoms with Gasteiger partial charge in [0.2, 0.25) is 0 Å². The summed E-state index contributed by atoms with van der Waals surface area (Å²) in [4.78, 5) is 12.5. The Morgan fingerprint density at radius 3 is 1.74 bits per heavy atom. The van der Waals surface area contributed by atoms with Gasteiger partial charge in [0.25, 0.3) is 10.1 Å². The highest BCUT2D eigenvalue weighted by atomic mass is 32.2. The van der Waals surface area contributed by atoms with Crippen LogP contribution in [-0.4, -0.2) is 70.5 Å². The van der Waals surface area contributed by atoms with Crippen LogP contribution in [0, 0.1) is 0 Å². The highest BCUT2D eigenvalue weighted by molar-refractivity contribution is 7.85. The summed E-state index contributed by atoms with van der Waals surface area (Å²) in [5, 5.41) is 0. The summed E-state index contributed by atoms with van der Waals surface area (Å²) in [6.07, 6.45) is 2.31. The van der Waals surface area contributed by atoms with E-state index < -0.39 is 21.8 Å². The van der Waals surface area contributed by atoms with Gasteiger partial charge in [-0.15, -0.1) is 0 Å². The van der Waals surface area contributed by atoms with Gasteiger partial charge in [0.05, 0.1) is 5.56 Å². The molecule has 0 aliphatic heterocycles. The molecule has 0 aliphatic carbocycles. The summed E-state index contributed by atoms with van der Waals surface area (Å²) in [6, 6.07) is 0. The quantitative estimate of drug-likeness (QED) is 0.307. The Balaban J connectivity index is 3.31. The second kappa shape index (κ2) is 8.15. The van der Waals surface area contributed by atoms with Crippen LogP contribution in [0.1, 0.15) is 27.0 Å². The Kier molecular flexibility index (Phi) is 7.08. The molecule has 0 saturated carbocycles. The van der Waals surface area contributed by atoms with Crippen LogP contribution in [0.2, 0.25) is 0 Å². The predicted octanol–water partition coefficient (Wildman–Crippen LogP) is -5.35. The lowest BCUT2D eigenvalue weighted by atomic mass is 9.66. The lowest BCUT2D eigenvalue weighted by Gasteiger charge is -2.22. The lowest BCUT2D eigenvalue weighted by molar-refractivity contribution is 0.0526. The average molecular weight is 331 g/mol. The van der Waals surface area contributed by atoms with E-state index in [9.17, 15) is 13.2 Å². The summed E-state index contributed by atoms with van der Waals surface area (Å²) < 4.78 is 35.3. The largest absolute Gasteiger partial charge is 0.461 e. The van der Waals surface area contributed by atoms with Crippen LogP contribution in [0.5, 0.6) is 0 Å². The van der Waals surface area contributed by atoms with Gasteiger partial charge in [0.15, 0.2) is 0 Å². The molecule has 0 fully saturated rings. The SMILES string of the molecule is BCc1c(B)c(CB)c(C(=O)OCCS(=O)(=O)O)c(CB)c1B. The first-order chi connectivity index (χ1) is 10.7. The Hall–Kier alpha value is -1.08. The van der Waals surface area contributed by atoms with Crippen molar-refractivity contribution in [3.63, 3.8) is 0 Å². The van der Waals surface area contributed by atoms with Crippen LogP contribution in [-0.2, 0) is 33.8 Å². The Morgan fingerprint density at radius 2 is 1.39 bits per heavy atom. The van der Waals surface area contributed by atoms with Crippen LogP contribution in [0.25, 0.3) is 0 Å². The zero-order valence-electron chi connectivity index (χ0n) is 14.5. The topological polar surface area (TPSA) is 80.7 Å². The van der Waals surface area contributed by atoms with Gasteiger partial charge >= 0.3 is 5.97 Å². The van der Waals surface area contributed by atoms with Crippen LogP contribution >= 0.6 is 0 Å². The van der Waals surface area contributed by atoms with Crippen molar-refractivity contribution in [2.24, 2.45) is 0 Å². The molecular weight excluding hydrogens is 310 g/mol. The number of hydrogen-bond donors (Lipinski definition) is 1. The van der Waals surface area contributed by atoms with Crippen molar-refractivity contribution in [1.29, 1.82) is 0 Å². The molecule has 0 atom stereocenters. The molecule has 0 saturated heterocycles. The minimum absolute atomic E-state index is 0.350. The second-order valence-electron chi connectivity index (χ2n) is 5.54. The van der Waals surface area contributed by atoms with Gasteiger partial charge < -0.3 is 4.74 Å². The number of ether oxygens (including phenoxy) is 1. The summed E-state index contributed by atoms with van der Waals surface area (Å²) in [7, 11) is 5.97. The Labute approximate surface area is 142 Å². The summed E-state index contributed by atoms with van der Waals surface area (Å²) in [6.45, 7) is -0.350. The second-order valence-corrected chi connectivity index (χ2v) is 7.12. The summed E-state index contributed by atoms with van der Waals surface area (Å²) >= 11 is 0. The molecule has 0 unspecified atom stereocenters. The average Bonchev–Trinajstić information content (AvgIpc) is 2.45. The van der Waals surface area contributed by atoms with E-state index in [1.54, 1.807) is 0 Å². The smallest absolute Gasteiger partial charge is 0.338 e. The Bertz CT molecular complexity index is 673. The minimum atomic E-state index is -4.14. The van der Waals surface area contributed by atoms with Crippen LogP contribution in [0.3, 0.4) is 0 Å². The van der Waals surface area contributed by atoms with E-state index in [4.69, 9.17) is 9.29 Å². The molecule has 1 aromatic rings. The van der Waals surface area contributed by atoms with Crippen molar-refractivity contribution in [1.82, 2.24) is 0 Å². The molecular formula is C12H21B5O5S. The first-order valence-electron chi connectivity index (χ1n) is 7.93. The van der Waals surface area contributed by atoms with E-state index in [2.05, 4.69) is 7.85 Å². The number of rotatable bonds is 7. The maximum Gasteiger partial charge on any atom is 0.338 e. The van der Waals surface area contributed by atoms with Crippen molar-refractivity contribution in [2.75, 3.05) is 12.4 Å². The lowest BCUT2D eigenvalue weighted by Crippen LogP contribution is -2.34. The van der Waals surface area contributed by atoms with E-state index in [-0.39, 0.29) is 6.61 Å². The predicted molar refractivity (Wildman–Crippen MR) is 106 cm³/mol. The number of benzene rings is 1. The standard InChI is InChI=1S/C12H21B5O5S/c13-3-6-9(12(18)22-1-2-23(19,20)21)7(4-14)11(17)8(5-15)10(6)16/h1-5,13-17H2,(H,19,20,21). The van der Waals surface area contributed by atoms with E-state index in [0.717, 1.165) is 28.4 Å². The fraction of sp³-hybridized carbons (Fsp3) is 0.417. The van der Waals surface area contributed by atoms with Crippen molar-refractivity contribution in [2.45, 2.75) is 19.0 Å². The molecule has 0 amide bonds. The van der Waals surface area contributed by atoms with E-state index in [1.165, 1.54) is 5.56 Å². The molecule has 0 bridgehead atoms. The third kappa shape index (κ3) is 4.70. The van der Waals surface area contributed by atoms with Crippen molar-refractivity contribution in [3.8, 4) is 0 Å². The van der Waals surface area contributed by atoms with Gasteiger partial charge in [-0.25, -0.2) is 4.79 Å². The van der Waals surface area contributed by atoms with Gasteiger partial charge in [-0.3, -0.25) is 4.55 Å². The molecule has 0 spiro atoms. The third-order valence-corrected chi connectivity index (χ3v) is 4.94. The van der Waals surface area contributed by atoms with Crippen LogP contribution in [0.4, 0.5) is 0 Å². The fourth-order valence-corrected chi connectivity index (χ4v) is 3.47. The number of hydrogen-bond acceptors (Lipinski definition) is 4. The van der Waals surface area contributed by atoms with Gasteiger partial charge in [-0.1, -0.05) is 35.4 Å². The van der Waals surface area contributed by atoms with Crippen LogP contribution < -0.4 is 10.9 Å². The fourth-order valence-electron chi connectivity index (χ4n) is 3.18. The maximum atomic E-state index is 12.5. The molecule has 11 heteroatoms. The molecule has 0 radical (unpaired) electrons. The monoisotopic (exact) mass is 332 g/mol. The first kappa shape index (κ1) is 20.0. The molecule has 0 aromatic heterocycles. The number of carbonyl (C=O) groups excluding carboxylic acids is 1. The van der Waals surface area contributed by atoms with Gasteiger partial charge in [0, 0.05) is 0 Å². The summed E-state index contributed by atoms with van der Waals surface area (Å²) in [5.41, 5.74) is 5.94. The van der Waals surface area contributed by atoms with Gasteiger partial charge in [-0.2, -0.15) is 8.42 Å². The van der Waals surface area contributed by atoms with Crippen molar-refractivity contribution >= 4 is 66.2 Å². The Morgan fingerprint density at radius 1 is 0.957 bits per heavy atom. The molecule has 5 nitrogen and oxygen atoms in total. The molecule has 0 aliphatic rings. The number of carbonyl (C=O) groups is 1. The first-order valence-corrected chi connectivity index (χ1v) is 9.54. The van der Waals surface area contributed by atoms with Crippen molar-refractivity contribution < 1.29 is 22.5 Å². The van der Waals surface area contributed by atoms with E-state index in [1.807, 2.05) is 31.4 Å². The molecule has 1 rings (SSSR count). The molecule has 120 valence electrons.